The molecule has 8 nitrogen and oxygen atoms in total. The second-order valence-electron chi connectivity index (χ2n) is 10.4. The summed E-state index contributed by atoms with van der Waals surface area (Å²) in [5.74, 6) is 0.953. The van der Waals surface area contributed by atoms with Crippen LogP contribution in [0.25, 0.3) is 22.4 Å². The van der Waals surface area contributed by atoms with Crippen LogP contribution in [0.5, 0.6) is 0 Å². The third kappa shape index (κ3) is 4.70. The molecule has 2 aliphatic rings. The number of likely N-dealkylation sites (tertiary alicyclic amines) is 1. The predicted molar refractivity (Wildman–Crippen MR) is 136 cm³/mol. The zero-order chi connectivity index (χ0) is 24.7. The fourth-order valence-electron chi connectivity index (χ4n) is 4.80. The van der Waals surface area contributed by atoms with E-state index in [-0.39, 0.29) is 17.9 Å². The molecule has 2 amide bonds. The molecule has 1 aromatic heterocycles. The van der Waals surface area contributed by atoms with Crippen molar-refractivity contribution in [1.29, 1.82) is 0 Å². The minimum atomic E-state index is -0.524. The highest BCUT2D eigenvalue weighted by Crippen LogP contribution is 2.28. The Morgan fingerprint density at radius 1 is 0.943 bits per heavy atom. The Kier molecular flexibility index (Phi) is 5.91. The minimum Gasteiger partial charge on any atom is -0.444 e. The molecular formula is C27H33N5O3. The lowest BCUT2D eigenvalue weighted by Crippen LogP contribution is -2.59. The second kappa shape index (κ2) is 8.91. The van der Waals surface area contributed by atoms with Gasteiger partial charge in [-0.25, -0.2) is 9.78 Å². The molecule has 0 aliphatic carbocycles. The molecule has 0 bridgehead atoms. The summed E-state index contributed by atoms with van der Waals surface area (Å²) in [6.07, 6.45) is -0.341. The number of ether oxygens (including phenoxy) is 1. The molecule has 0 saturated carbocycles. The van der Waals surface area contributed by atoms with Gasteiger partial charge in [0.05, 0.1) is 17.0 Å². The van der Waals surface area contributed by atoms with Gasteiger partial charge in [-0.05, 0) is 45.0 Å². The summed E-state index contributed by atoms with van der Waals surface area (Å²) >= 11 is 0. The van der Waals surface area contributed by atoms with Crippen molar-refractivity contribution in [2.45, 2.75) is 26.4 Å². The number of hydrogen-bond donors (Lipinski definition) is 0. The molecule has 2 aliphatic heterocycles. The number of amides is 2. The Labute approximate surface area is 206 Å². The Hall–Kier alpha value is -3.55. The first-order valence-corrected chi connectivity index (χ1v) is 12.2. The van der Waals surface area contributed by atoms with Crippen molar-refractivity contribution >= 4 is 28.7 Å². The molecular weight excluding hydrogens is 442 g/mol. The van der Waals surface area contributed by atoms with E-state index in [9.17, 15) is 9.59 Å². The number of aromatic nitrogens is 2. The first kappa shape index (κ1) is 23.2. The van der Waals surface area contributed by atoms with E-state index in [2.05, 4.69) is 39.8 Å². The number of anilines is 1. The standard InChI is InChI=1S/C27H33N5O3/c1-27(2,3)35-26(34)32-17-20(18-32)25(33)31-14-12-30(13-15-31)21-9-7-8-19(16-21)24-28-22-10-5-6-11-23(22)29(24)4/h5-11,16,20H,12-15,17-18H2,1-4H3. The van der Waals surface area contributed by atoms with Crippen LogP contribution in [0.3, 0.4) is 0 Å². The van der Waals surface area contributed by atoms with Crippen LogP contribution in [-0.4, -0.2) is 76.2 Å². The third-order valence-electron chi connectivity index (χ3n) is 6.73. The Bertz CT molecular complexity index is 1250. The number of nitrogens with zero attached hydrogens (tertiary/aromatic N) is 5. The predicted octanol–water partition coefficient (Wildman–Crippen LogP) is 3.76. The van der Waals surface area contributed by atoms with Gasteiger partial charge in [0.15, 0.2) is 0 Å². The van der Waals surface area contributed by atoms with Crippen LogP contribution in [0.15, 0.2) is 48.5 Å². The number of piperazine rings is 1. The monoisotopic (exact) mass is 475 g/mol. The first-order chi connectivity index (χ1) is 16.7. The number of hydrogen-bond acceptors (Lipinski definition) is 5. The number of carbonyl (C=O) groups excluding carboxylic acids is 2. The third-order valence-corrected chi connectivity index (χ3v) is 6.73. The van der Waals surface area contributed by atoms with Gasteiger partial charge >= 0.3 is 6.09 Å². The maximum absolute atomic E-state index is 13.0. The highest BCUT2D eigenvalue weighted by molar-refractivity contribution is 5.83. The van der Waals surface area contributed by atoms with Crippen LogP contribution >= 0.6 is 0 Å². The number of fused-ring (bicyclic) bond motifs is 1. The van der Waals surface area contributed by atoms with Crippen LogP contribution in [0.2, 0.25) is 0 Å². The van der Waals surface area contributed by atoms with Gasteiger partial charge in [0.2, 0.25) is 5.91 Å². The van der Waals surface area contributed by atoms with Crippen molar-refractivity contribution in [3.05, 3.63) is 48.5 Å². The summed E-state index contributed by atoms with van der Waals surface area (Å²) < 4.78 is 7.52. The van der Waals surface area contributed by atoms with Crippen molar-refractivity contribution < 1.29 is 14.3 Å². The summed E-state index contributed by atoms with van der Waals surface area (Å²) in [7, 11) is 2.05. The van der Waals surface area contributed by atoms with Crippen LogP contribution < -0.4 is 4.90 Å². The van der Waals surface area contributed by atoms with Gasteiger partial charge < -0.3 is 24.0 Å². The number of carbonyl (C=O) groups is 2. The largest absolute Gasteiger partial charge is 0.444 e. The van der Waals surface area contributed by atoms with Gasteiger partial charge in [-0.1, -0.05) is 24.3 Å². The van der Waals surface area contributed by atoms with Crippen molar-refractivity contribution in [3.8, 4) is 11.4 Å². The van der Waals surface area contributed by atoms with Crippen LogP contribution in [0, 0.1) is 5.92 Å². The quantitative estimate of drug-likeness (QED) is 0.577. The van der Waals surface area contributed by atoms with Crippen molar-refractivity contribution in [2.24, 2.45) is 13.0 Å². The first-order valence-electron chi connectivity index (χ1n) is 12.2. The van der Waals surface area contributed by atoms with Gasteiger partial charge in [-0.15, -0.1) is 0 Å². The van der Waals surface area contributed by atoms with E-state index in [1.807, 2.05) is 50.9 Å². The Morgan fingerprint density at radius 3 is 2.34 bits per heavy atom. The molecule has 3 aromatic rings. The minimum absolute atomic E-state index is 0.130. The average Bonchev–Trinajstić information content (AvgIpc) is 3.14. The normalized spacial score (nSPS) is 17.0. The molecule has 0 unspecified atom stereocenters. The fourth-order valence-corrected chi connectivity index (χ4v) is 4.80. The van der Waals surface area contributed by atoms with Gasteiger partial charge in [0.25, 0.3) is 0 Å². The fraction of sp³-hybridized carbons (Fsp3) is 0.444. The van der Waals surface area contributed by atoms with Gasteiger partial charge in [-0.2, -0.15) is 0 Å². The number of para-hydroxylation sites is 2. The van der Waals surface area contributed by atoms with Crippen LogP contribution in [0.1, 0.15) is 20.8 Å². The summed E-state index contributed by atoms with van der Waals surface area (Å²) in [6.45, 7) is 9.34. The van der Waals surface area contributed by atoms with E-state index in [0.29, 0.717) is 26.2 Å². The molecule has 0 radical (unpaired) electrons. The molecule has 0 atom stereocenters. The Balaban J connectivity index is 1.19. The van der Waals surface area contributed by atoms with Crippen LogP contribution in [0.4, 0.5) is 10.5 Å². The van der Waals surface area contributed by atoms with E-state index in [1.165, 1.54) is 0 Å². The van der Waals surface area contributed by atoms with Crippen molar-refractivity contribution in [3.63, 3.8) is 0 Å². The lowest BCUT2D eigenvalue weighted by Gasteiger charge is -2.43. The molecule has 0 N–H and O–H groups in total. The summed E-state index contributed by atoms with van der Waals surface area (Å²) in [5.41, 5.74) is 3.80. The van der Waals surface area contributed by atoms with E-state index in [1.54, 1.807) is 4.90 Å². The summed E-state index contributed by atoms with van der Waals surface area (Å²) in [5, 5.41) is 0. The number of aryl methyl sites for hydroxylation is 1. The molecule has 3 heterocycles. The molecule has 0 spiro atoms. The molecule has 5 rings (SSSR count). The van der Waals surface area contributed by atoms with E-state index in [4.69, 9.17) is 9.72 Å². The SMILES string of the molecule is Cn1c(-c2cccc(N3CCN(C(=O)C4CN(C(=O)OC(C)(C)C)C4)CC3)c2)nc2ccccc21. The summed E-state index contributed by atoms with van der Waals surface area (Å²) in [6, 6.07) is 16.6. The second-order valence-corrected chi connectivity index (χ2v) is 10.4. The highest BCUT2D eigenvalue weighted by Gasteiger charge is 2.40. The molecule has 2 aromatic carbocycles. The average molecular weight is 476 g/mol. The zero-order valence-electron chi connectivity index (χ0n) is 20.9. The maximum atomic E-state index is 13.0. The highest BCUT2D eigenvalue weighted by atomic mass is 16.6. The van der Waals surface area contributed by atoms with E-state index in [0.717, 1.165) is 41.2 Å². The van der Waals surface area contributed by atoms with Gasteiger partial charge in [0.1, 0.15) is 11.4 Å². The molecule has 2 saturated heterocycles. The van der Waals surface area contributed by atoms with Crippen molar-refractivity contribution in [1.82, 2.24) is 19.4 Å². The van der Waals surface area contributed by atoms with Crippen LogP contribution in [-0.2, 0) is 16.6 Å². The van der Waals surface area contributed by atoms with Gasteiger partial charge in [0, 0.05) is 57.6 Å². The molecule has 35 heavy (non-hydrogen) atoms. The number of benzene rings is 2. The lowest BCUT2D eigenvalue weighted by molar-refractivity contribution is -0.140. The smallest absolute Gasteiger partial charge is 0.410 e. The Morgan fingerprint density at radius 2 is 1.66 bits per heavy atom. The maximum Gasteiger partial charge on any atom is 0.410 e. The molecule has 2 fully saturated rings. The number of imidazole rings is 1. The summed E-state index contributed by atoms with van der Waals surface area (Å²) in [4.78, 5) is 35.8. The lowest BCUT2D eigenvalue weighted by atomic mass is 9.98. The topological polar surface area (TPSA) is 70.9 Å². The zero-order valence-corrected chi connectivity index (χ0v) is 20.9. The van der Waals surface area contributed by atoms with E-state index >= 15 is 0 Å². The van der Waals surface area contributed by atoms with Gasteiger partial charge in [-0.3, -0.25) is 4.79 Å². The van der Waals surface area contributed by atoms with Crippen molar-refractivity contribution in [2.75, 3.05) is 44.2 Å². The molecule has 8 heteroatoms. The van der Waals surface area contributed by atoms with E-state index < -0.39 is 5.60 Å². The molecule has 184 valence electrons. The number of rotatable bonds is 3.